The quantitative estimate of drug-likeness (QED) is 0.570. The van der Waals surface area contributed by atoms with Crippen molar-refractivity contribution >= 4 is 17.5 Å². The van der Waals surface area contributed by atoms with E-state index >= 15 is 0 Å². The first-order chi connectivity index (χ1) is 15.1. The lowest BCUT2D eigenvalue weighted by Gasteiger charge is -2.33. The van der Waals surface area contributed by atoms with Crippen molar-refractivity contribution < 1.29 is 0 Å². The van der Waals surface area contributed by atoms with Gasteiger partial charge >= 0.3 is 0 Å². The van der Waals surface area contributed by atoms with E-state index in [9.17, 15) is 0 Å². The second-order valence-electron chi connectivity index (χ2n) is 8.65. The lowest BCUT2D eigenvalue weighted by atomic mass is 10.2. The number of aliphatic imine (C=N–C) groups is 1. The van der Waals surface area contributed by atoms with Crippen LogP contribution in [0, 0.1) is 6.92 Å². The maximum Gasteiger partial charge on any atom is 0.191 e. The van der Waals surface area contributed by atoms with Crippen LogP contribution >= 0.6 is 0 Å². The van der Waals surface area contributed by atoms with E-state index in [1.807, 2.05) is 13.2 Å². The van der Waals surface area contributed by atoms with Gasteiger partial charge < -0.3 is 25.3 Å². The molecule has 1 aromatic heterocycles. The standard InChI is InChI=1S/C24H35N7/c1-19-4-7-22(8-5-19)31-11-10-21(18-31)28-24(25-2)27-17-20-6-9-23(26-16-20)30-14-12-29(3)13-15-30/h4-9,16,21H,10-15,17-18H2,1-3H3,(H2,25,27,28). The number of anilines is 2. The number of nitrogens with one attached hydrogen (secondary N) is 2. The molecule has 0 spiro atoms. The molecule has 31 heavy (non-hydrogen) atoms. The highest BCUT2D eigenvalue weighted by atomic mass is 15.3. The molecule has 2 N–H and O–H groups in total. The summed E-state index contributed by atoms with van der Waals surface area (Å²) in [5.41, 5.74) is 3.76. The van der Waals surface area contributed by atoms with E-state index in [1.54, 1.807) is 0 Å². The first-order valence-corrected chi connectivity index (χ1v) is 11.3. The zero-order chi connectivity index (χ0) is 21.6. The van der Waals surface area contributed by atoms with Crippen LogP contribution in [0.1, 0.15) is 17.5 Å². The predicted octanol–water partition coefficient (Wildman–Crippen LogP) is 2.09. The van der Waals surface area contributed by atoms with E-state index < -0.39 is 0 Å². The largest absolute Gasteiger partial charge is 0.369 e. The van der Waals surface area contributed by atoms with Gasteiger partial charge in [-0.1, -0.05) is 23.8 Å². The highest BCUT2D eigenvalue weighted by Crippen LogP contribution is 2.20. The van der Waals surface area contributed by atoms with Crippen LogP contribution in [0.4, 0.5) is 11.5 Å². The van der Waals surface area contributed by atoms with Crippen molar-refractivity contribution in [2.24, 2.45) is 4.99 Å². The summed E-state index contributed by atoms with van der Waals surface area (Å²) in [6, 6.07) is 13.5. The lowest BCUT2D eigenvalue weighted by Crippen LogP contribution is -2.45. The van der Waals surface area contributed by atoms with Gasteiger partial charge in [-0.2, -0.15) is 0 Å². The van der Waals surface area contributed by atoms with Gasteiger partial charge in [-0.05, 0) is 44.2 Å². The number of piperazine rings is 1. The smallest absolute Gasteiger partial charge is 0.191 e. The fraction of sp³-hybridized carbons (Fsp3) is 0.500. The fourth-order valence-corrected chi connectivity index (χ4v) is 4.19. The Morgan fingerprint density at radius 3 is 2.48 bits per heavy atom. The molecule has 4 rings (SSSR count). The number of aryl methyl sites for hydroxylation is 1. The van der Waals surface area contributed by atoms with E-state index in [4.69, 9.17) is 0 Å². The van der Waals surface area contributed by atoms with Crippen LogP contribution < -0.4 is 20.4 Å². The molecule has 0 saturated carbocycles. The van der Waals surface area contributed by atoms with E-state index in [-0.39, 0.29) is 0 Å². The lowest BCUT2D eigenvalue weighted by molar-refractivity contribution is 0.312. The first-order valence-electron chi connectivity index (χ1n) is 11.3. The van der Waals surface area contributed by atoms with Gasteiger partial charge in [0.1, 0.15) is 5.82 Å². The molecule has 1 atom stereocenters. The van der Waals surface area contributed by atoms with Crippen LogP contribution in [0.15, 0.2) is 47.6 Å². The molecule has 2 aliphatic heterocycles. The predicted molar refractivity (Wildman–Crippen MR) is 129 cm³/mol. The van der Waals surface area contributed by atoms with Crippen molar-refractivity contribution in [2.75, 3.05) is 63.2 Å². The number of guanidine groups is 1. The van der Waals surface area contributed by atoms with E-state index in [1.165, 1.54) is 11.3 Å². The number of hydrogen-bond donors (Lipinski definition) is 2. The highest BCUT2D eigenvalue weighted by Gasteiger charge is 2.23. The Balaban J connectivity index is 1.25. The average Bonchev–Trinajstić information content (AvgIpc) is 3.26. The molecule has 7 nitrogen and oxygen atoms in total. The number of nitrogens with zero attached hydrogens (tertiary/aromatic N) is 5. The van der Waals surface area contributed by atoms with Crippen molar-refractivity contribution in [3.8, 4) is 0 Å². The topological polar surface area (TPSA) is 59.0 Å². The molecule has 2 aromatic rings. The number of likely N-dealkylation sites (N-methyl/N-ethyl adjacent to an activating group) is 1. The molecule has 1 unspecified atom stereocenters. The Hall–Kier alpha value is -2.80. The molecular weight excluding hydrogens is 386 g/mol. The zero-order valence-electron chi connectivity index (χ0n) is 19.0. The van der Waals surface area contributed by atoms with Crippen molar-refractivity contribution in [2.45, 2.75) is 25.9 Å². The SMILES string of the molecule is CN=C(NCc1ccc(N2CCN(C)CC2)nc1)NC1CCN(c2ccc(C)cc2)C1. The molecule has 1 aromatic carbocycles. The molecule has 0 radical (unpaired) electrons. The van der Waals surface area contributed by atoms with E-state index in [0.717, 1.165) is 63.0 Å². The van der Waals surface area contributed by atoms with Crippen LogP contribution in [0.25, 0.3) is 0 Å². The molecule has 2 aliphatic rings. The summed E-state index contributed by atoms with van der Waals surface area (Å²) >= 11 is 0. The maximum atomic E-state index is 4.68. The molecule has 166 valence electrons. The number of rotatable bonds is 5. The van der Waals surface area contributed by atoms with Crippen molar-refractivity contribution in [3.05, 3.63) is 53.7 Å². The van der Waals surface area contributed by atoms with Gasteiger partial charge in [-0.15, -0.1) is 0 Å². The summed E-state index contributed by atoms with van der Waals surface area (Å²) in [4.78, 5) is 16.3. The summed E-state index contributed by atoms with van der Waals surface area (Å²) in [6.07, 6.45) is 3.08. The maximum absolute atomic E-state index is 4.68. The Morgan fingerprint density at radius 1 is 1.03 bits per heavy atom. The summed E-state index contributed by atoms with van der Waals surface area (Å²) in [5, 5.41) is 7.02. The van der Waals surface area contributed by atoms with E-state index in [2.05, 4.69) is 85.7 Å². The van der Waals surface area contributed by atoms with E-state index in [0.29, 0.717) is 12.6 Å². The Morgan fingerprint density at radius 2 is 1.81 bits per heavy atom. The molecule has 7 heteroatoms. The van der Waals surface area contributed by atoms with Crippen molar-refractivity contribution in [1.29, 1.82) is 0 Å². The van der Waals surface area contributed by atoms with Gasteiger partial charge in [-0.25, -0.2) is 4.98 Å². The summed E-state index contributed by atoms with van der Waals surface area (Å²) in [6.45, 7) is 9.16. The van der Waals surface area contributed by atoms with Gasteiger partial charge in [0, 0.05) is 70.8 Å². The Bertz CT molecular complexity index is 855. The third kappa shape index (κ3) is 5.67. The summed E-state index contributed by atoms with van der Waals surface area (Å²) in [7, 11) is 4.00. The Labute approximate surface area is 186 Å². The minimum absolute atomic E-state index is 0.394. The van der Waals surface area contributed by atoms with Gasteiger partial charge in [0.2, 0.25) is 0 Å². The van der Waals surface area contributed by atoms with Crippen LogP contribution in [-0.2, 0) is 6.54 Å². The fourth-order valence-electron chi connectivity index (χ4n) is 4.19. The average molecular weight is 422 g/mol. The zero-order valence-corrected chi connectivity index (χ0v) is 19.0. The van der Waals surface area contributed by atoms with Gasteiger partial charge in [0.05, 0.1) is 0 Å². The van der Waals surface area contributed by atoms with Crippen molar-refractivity contribution in [1.82, 2.24) is 20.5 Å². The van der Waals surface area contributed by atoms with Crippen LogP contribution in [0.5, 0.6) is 0 Å². The highest BCUT2D eigenvalue weighted by molar-refractivity contribution is 5.80. The first kappa shape index (κ1) is 21.4. The molecule has 3 heterocycles. The summed E-state index contributed by atoms with van der Waals surface area (Å²) < 4.78 is 0. The number of benzene rings is 1. The normalized spacial score (nSPS) is 20.2. The number of aromatic nitrogens is 1. The van der Waals surface area contributed by atoms with Crippen LogP contribution in [0.2, 0.25) is 0 Å². The third-order valence-electron chi connectivity index (χ3n) is 6.25. The molecule has 2 fully saturated rings. The second kappa shape index (κ2) is 10.0. The minimum Gasteiger partial charge on any atom is -0.369 e. The van der Waals surface area contributed by atoms with Crippen molar-refractivity contribution in [3.63, 3.8) is 0 Å². The molecule has 0 bridgehead atoms. The van der Waals surface area contributed by atoms with Gasteiger partial charge in [0.15, 0.2) is 5.96 Å². The third-order valence-corrected chi connectivity index (χ3v) is 6.25. The van der Waals surface area contributed by atoms with Gasteiger partial charge in [0.25, 0.3) is 0 Å². The van der Waals surface area contributed by atoms with Crippen LogP contribution in [0.3, 0.4) is 0 Å². The van der Waals surface area contributed by atoms with Gasteiger partial charge in [-0.3, -0.25) is 4.99 Å². The molecule has 2 saturated heterocycles. The molecule has 0 amide bonds. The number of pyridine rings is 1. The number of hydrogen-bond acceptors (Lipinski definition) is 5. The summed E-state index contributed by atoms with van der Waals surface area (Å²) in [5.74, 6) is 1.92. The molecule has 0 aliphatic carbocycles. The minimum atomic E-state index is 0.394. The van der Waals surface area contributed by atoms with Crippen LogP contribution in [-0.4, -0.2) is 75.2 Å². The molecular formula is C24H35N7. The second-order valence-corrected chi connectivity index (χ2v) is 8.65. The Kier molecular flexibility index (Phi) is 6.92. The monoisotopic (exact) mass is 421 g/mol.